The minimum Gasteiger partial charge on any atom is -0.463 e. The molecule has 25 heavy (non-hydrogen) atoms. The summed E-state index contributed by atoms with van der Waals surface area (Å²) < 4.78 is 5.24. The zero-order valence-electron chi connectivity index (χ0n) is 14.4. The molecule has 7 heteroatoms. The molecule has 2 atom stereocenters. The summed E-state index contributed by atoms with van der Waals surface area (Å²) in [5, 5.41) is 7.04. The van der Waals surface area contributed by atoms with Crippen LogP contribution in [0.1, 0.15) is 25.5 Å². The number of hydrogen-bond acceptors (Lipinski definition) is 6. The molecule has 2 N–H and O–H groups in total. The number of amidine groups is 1. The third-order valence-corrected chi connectivity index (χ3v) is 4.53. The first kappa shape index (κ1) is 17.4. The van der Waals surface area contributed by atoms with Crippen LogP contribution in [-0.4, -0.2) is 36.5 Å². The quantitative estimate of drug-likeness (QED) is 0.808. The molecular weight excluding hydrogens is 340 g/mol. The number of nitrogens with one attached hydrogen (secondary N) is 2. The van der Waals surface area contributed by atoms with Crippen LogP contribution < -0.4 is 10.6 Å². The van der Waals surface area contributed by atoms with E-state index in [1.807, 2.05) is 49.5 Å². The van der Waals surface area contributed by atoms with Crippen LogP contribution in [0.5, 0.6) is 0 Å². The second kappa shape index (κ2) is 7.19. The molecule has 6 nitrogen and oxygen atoms in total. The number of hydrogen-bond donors (Lipinski definition) is 2. The van der Waals surface area contributed by atoms with Crippen LogP contribution in [0, 0.1) is 0 Å². The Kier molecular flexibility index (Phi) is 4.99. The van der Waals surface area contributed by atoms with Gasteiger partial charge < -0.3 is 20.3 Å². The summed E-state index contributed by atoms with van der Waals surface area (Å²) in [4.78, 5) is 19.3. The van der Waals surface area contributed by atoms with Gasteiger partial charge in [-0.3, -0.25) is 4.99 Å². The van der Waals surface area contributed by atoms with E-state index >= 15 is 0 Å². The number of carbonyl (C=O) groups is 1. The number of aliphatic imine (C=N–C) groups is 1. The predicted molar refractivity (Wildman–Crippen MR) is 97.9 cm³/mol. The Hall–Kier alpha value is -2.47. The van der Waals surface area contributed by atoms with Gasteiger partial charge in [-0.05, 0) is 19.9 Å². The number of likely N-dealkylation sites (N-methyl/N-ethyl adjacent to an activating group) is 1. The maximum atomic E-state index is 12.5. The lowest BCUT2D eigenvalue weighted by Gasteiger charge is -2.31. The van der Waals surface area contributed by atoms with E-state index in [0.717, 1.165) is 17.1 Å². The molecule has 2 aliphatic heterocycles. The summed E-state index contributed by atoms with van der Waals surface area (Å²) in [6.07, 6.45) is 3.67. The van der Waals surface area contributed by atoms with Gasteiger partial charge in [-0.1, -0.05) is 29.8 Å². The van der Waals surface area contributed by atoms with Crippen molar-refractivity contribution in [1.82, 2.24) is 15.5 Å². The van der Waals surface area contributed by atoms with Gasteiger partial charge in [-0.25, -0.2) is 4.79 Å². The molecule has 0 aliphatic carbocycles. The molecule has 2 aliphatic rings. The van der Waals surface area contributed by atoms with E-state index in [-0.39, 0.29) is 12.1 Å². The van der Waals surface area contributed by atoms with Crippen molar-refractivity contribution in [3.8, 4) is 0 Å². The molecule has 0 saturated carbocycles. The number of benzene rings is 1. The fourth-order valence-corrected chi connectivity index (χ4v) is 3.20. The minimum absolute atomic E-state index is 0.122. The van der Waals surface area contributed by atoms with E-state index in [2.05, 4.69) is 10.6 Å². The van der Waals surface area contributed by atoms with Gasteiger partial charge in [0.05, 0.1) is 12.2 Å². The molecular formula is C18H21ClN4O2. The van der Waals surface area contributed by atoms with E-state index in [0.29, 0.717) is 17.2 Å². The summed E-state index contributed by atoms with van der Waals surface area (Å²) in [6, 6.07) is 6.91. The van der Waals surface area contributed by atoms with Gasteiger partial charge in [0, 0.05) is 35.7 Å². The highest BCUT2D eigenvalue weighted by Crippen LogP contribution is 2.35. The maximum absolute atomic E-state index is 12.5. The molecule has 1 aromatic rings. The average molecular weight is 361 g/mol. The van der Waals surface area contributed by atoms with Crippen LogP contribution in [0.15, 0.2) is 52.9 Å². The first-order valence-electron chi connectivity index (χ1n) is 8.14. The standard InChI is InChI=1S/C18H21ClN4O2/c1-4-25-18(24)14-11(2)21-16(17-20-9-10-23(17)3)22-15(14)12-7-5-6-8-13(12)19/h5-10,15,17,20H,4H2,1-3H3,(H,21,22). The molecule has 0 saturated heterocycles. The lowest BCUT2D eigenvalue weighted by Crippen LogP contribution is -2.49. The highest BCUT2D eigenvalue weighted by molar-refractivity contribution is 6.31. The Morgan fingerprint density at radius 2 is 2.16 bits per heavy atom. The number of carbonyl (C=O) groups excluding carboxylic acids is 1. The molecule has 0 amide bonds. The summed E-state index contributed by atoms with van der Waals surface area (Å²) in [7, 11) is 1.95. The Balaban J connectivity index is 2.04. The molecule has 3 rings (SSSR count). The van der Waals surface area contributed by atoms with E-state index in [1.165, 1.54) is 0 Å². The smallest absolute Gasteiger partial charge is 0.338 e. The molecule has 2 heterocycles. The summed E-state index contributed by atoms with van der Waals surface area (Å²) >= 11 is 6.39. The lowest BCUT2D eigenvalue weighted by molar-refractivity contribution is -0.138. The molecule has 132 valence electrons. The van der Waals surface area contributed by atoms with Crippen molar-refractivity contribution < 1.29 is 9.53 Å². The highest BCUT2D eigenvalue weighted by Gasteiger charge is 2.34. The van der Waals surface area contributed by atoms with Crippen molar-refractivity contribution in [2.75, 3.05) is 13.7 Å². The number of halogens is 1. The third-order valence-electron chi connectivity index (χ3n) is 4.19. The van der Waals surface area contributed by atoms with Crippen molar-refractivity contribution in [1.29, 1.82) is 0 Å². The molecule has 0 spiro atoms. The fraction of sp³-hybridized carbons (Fsp3) is 0.333. The molecule has 0 fully saturated rings. The van der Waals surface area contributed by atoms with Crippen molar-refractivity contribution in [2.24, 2.45) is 4.99 Å². The molecule has 1 aromatic carbocycles. The topological polar surface area (TPSA) is 66.0 Å². The Bertz CT molecular complexity index is 772. The molecule has 0 radical (unpaired) electrons. The Labute approximate surface area is 152 Å². The first-order chi connectivity index (χ1) is 12.0. The molecule has 0 aromatic heterocycles. The lowest BCUT2D eigenvalue weighted by atomic mass is 9.95. The predicted octanol–water partition coefficient (Wildman–Crippen LogP) is 2.55. The van der Waals surface area contributed by atoms with Gasteiger partial charge in [0.25, 0.3) is 0 Å². The number of ether oxygens (including phenoxy) is 1. The fourth-order valence-electron chi connectivity index (χ4n) is 2.96. The van der Waals surface area contributed by atoms with Crippen LogP contribution in [0.25, 0.3) is 0 Å². The number of esters is 1. The highest BCUT2D eigenvalue weighted by atomic mass is 35.5. The normalized spacial score (nSPS) is 22.4. The number of allylic oxidation sites excluding steroid dienone is 1. The van der Waals surface area contributed by atoms with Gasteiger partial charge in [-0.15, -0.1) is 0 Å². The van der Waals surface area contributed by atoms with E-state index < -0.39 is 6.04 Å². The van der Waals surface area contributed by atoms with Crippen molar-refractivity contribution in [3.05, 3.63) is 58.5 Å². The van der Waals surface area contributed by atoms with Crippen molar-refractivity contribution in [2.45, 2.75) is 26.1 Å². The molecule has 0 bridgehead atoms. The second-order valence-corrected chi connectivity index (χ2v) is 6.28. The van der Waals surface area contributed by atoms with Crippen LogP contribution in [0.2, 0.25) is 5.02 Å². The number of nitrogens with zero attached hydrogens (tertiary/aromatic N) is 2. The monoisotopic (exact) mass is 360 g/mol. The second-order valence-electron chi connectivity index (χ2n) is 5.87. The van der Waals surface area contributed by atoms with Gasteiger partial charge in [-0.2, -0.15) is 0 Å². The average Bonchev–Trinajstić information content (AvgIpc) is 3.00. The van der Waals surface area contributed by atoms with Crippen molar-refractivity contribution >= 4 is 23.4 Å². The first-order valence-corrected chi connectivity index (χ1v) is 8.52. The third kappa shape index (κ3) is 3.35. The SMILES string of the molecule is CCOC(=O)C1=C(C)NC(C2NC=CN2C)=NC1c1ccccc1Cl. The maximum Gasteiger partial charge on any atom is 0.338 e. The summed E-state index contributed by atoms with van der Waals surface area (Å²) in [5.41, 5.74) is 1.97. The van der Waals surface area contributed by atoms with Crippen LogP contribution in [0.3, 0.4) is 0 Å². The van der Waals surface area contributed by atoms with Gasteiger partial charge in [0.15, 0.2) is 6.17 Å². The van der Waals surface area contributed by atoms with Gasteiger partial charge >= 0.3 is 5.97 Å². The van der Waals surface area contributed by atoms with Crippen molar-refractivity contribution in [3.63, 3.8) is 0 Å². The zero-order chi connectivity index (χ0) is 18.0. The zero-order valence-corrected chi connectivity index (χ0v) is 15.2. The van der Waals surface area contributed by atoms with E-state index in [1.54, 1.807) is 13.0 Å². The van der Waals surface area contributed by atoms with Crippen LogP contribution in [-0.2, 0) is 9.53 Å². The van der Waals surface area contributed by atoms with Gasteiger partial charge in [0.2, 0.25) is 0 Å². The summed E-state index contributed by atoms with van der Waals surface area (Å²) in [6.45, 7) is 3.94. The van der Waals surface area contributed by atoms with Crippen LogP contribution >= 0.6 is 11.6 Å². The van der Waals surface area contributed by atoms with E-state index in [4.69, 9.17) is 21.3 Å². The van der Waals surface area contributed by atoms with Gasteiger partial charge in [0.1, 0.15) is 11.9 Å². The molecule has 2 unspecified atom stereocenters. The number of rotatable bonds is 4. The summed E-state index contributed by atoms with van der Waals surface area (Å²) in [5.74, 6) is 0.342. The Morgan fingerprint density at radius 3 is 2.80 bits per heavy atom. The largest absolute Gasteiger partial charge is 0.463 e. The van der Waals surface area contributed by atoms with E-state index in [9.17, 15) is 4.79 Å². The van der Waals surface area contributed by atoms with Crippen LogP contribution in [0.4, 0.5) is 0 Å². The minimum atomic E-state index is -0.514. The Morgan fingerprint density at radius 1 is 1.40 bits per heavy atom.